The molecule has 0 fully saturated rings. The molecule has 0 aliphatic carbocycles. The molecule has 0 spiro atoms. The molecule has 1 aromatic rings. The van der Waals surface area contributed by atoms with Crippen LogP contribution >= 0.6 is 0 Å². The van der Waals surface area contributed by atoms with E-state index in [1.165, 1.54) is 12.1 Å². The molecule has 0 saturated heterocycles. The van der Waals surface area contributed by atoms with E-state index < -0.39 is 16.6 Å². The van der Waals surface area contributed by atoms with Gasteiger partial charge in [-0.1, -0.05) is 11.2 Å². The number of methoxy groups -OCH3 is 1. The molecular formula is C9H8N2O5. The molecule has 7 heteroatoms. The zero-order valence-electron chi connectivity index (χ0n) is 8.37. The van der Waals surface area contributed by atoms with E-state index >= 15 is 0 Å². The van der Waals surface area contributed by atoms with Crippen LogP contribution in [0.2, 0.25) is 0 Å². The number of hydrogen-bond acceptors (Lipinski definition) is 6. The van der Waals surface area contributed by atoms with Gasteiger partial charge in [0.2, 0.25) is 0 Å². The lowest BCUT2D eigenvalue weighted by atomic mass is 10.1. The molecule has 0 bridgehead atoms. The molecule has 0 N–H and O–H groups in total. The molecule has 0 aliphatic rings. The quantitative estimate of drug-likeness (QED) is 0.335. The van der Waals surface area contributed by atoms with Crippen LogP contribution in [0.1, 0.15) is 15.9 Å². The normalized spacial score (nSPS) is 9.56. The molecule has 0 amide bonds. The first-order chi connectivity index (χ1) is 7.60. The van der Waals surface area contributed by atoms with E-state index in [2.05, 4.69) is 9.91 Å². The van der Waals surface area contributed by atoms with Crippen molar-refractivity contribution in [2.75, 3.05) is 7.11 Å². The molecule has 1 rings (SSSR count). The Morgan fingerprint density at radius 3 is 2.75 bits per heavy atom. The SMILES string of the molecule is COC(=O)c1ccc(CN=O)cc1[N+](=O)[O-]. The Balaban J connectivity index is 3.24. The molecule has 0 atom stereocenters. The minimum atomic E-state index is -0.794. The monoisotopic (exact) mass is 224 g/mol. The minimum Gasteiger partial charge on any atom is -0.465 e. The highest BCUT2D eigenvalue weighted by Crippen LogP contribution is 2.21. The predicted molar refractivity (Wildman–Crippen MR) is 53.9 cm³/mol. The van der Waals surface area contributed by atoms with Gasteiger partial charge in [-0.3, -0.25) is 10.1 Å². The maximum Gasteiger partial charge on any atom is 0.344 e. The molecule has 7 nitrogen and oxygen atoms in total. The summed E-state index contributed by atoms with van der Waals surface area (Å²) in [6.45, 7) is -0.178. The molecule has 1 aromatic carbocycles. The number of nitro benzene ring substituents is 1. The van der Waals surface area contributed by atoms with Crippen molar-refractivity contribution in [2.24, 2.45) is 5.18 Å². The van der Waals surface area contributed by atoms with Gasteiger partial charge in [0.05, 0.1) is 12.0 Å². The van der Waals surface area contributed by atoms with Gasteiger partial charge in [0.15, 0.2) is 0 Å². The molecule has 0 aromatic heterocycles. The summed E-state index contributed by atoms with van der Waals surface area (Å²) < 4.78 is 4.40. The van der Waals surface area contributed by atoms with Gasteiger partial charge in [-0.05, 0) is 11.6 Å². The van der Waals surface area contributed by atoms with Gasteiger partial charge in [0.1, 0.15) is 12.1 Å². The van der Waals surface area contributed by atoms with E-state index in [4.69, 9.17) is 0 Å². The zero-order chi connectivity index (χ0) is 12.1. The molecule has 0 saturated carbocycles. The lowest BCUT2D eigenvalue weighted by Crippen LogP contribution is -2.06. The second-order valence-corrected chi connectivity index (χ2v) is 2.89. The Bertz CT molecular complexity index is 444. The largest absolute Gasteiger partial charge is 0.465 e. The van der Waals surface area contributed by atoms with Crippen LogP contribution in [-0.4, -0.2) is 18.0 Å². The van der Waals surface area contributed by atoms with Gasteiger partial charge in [0, 0.05) is 6.07 Å². The van der Waals surface area contributed by atoms with Crippen molar-refractivity contribution in [3.05, 3.63) is 44.3 Å². The fourth-order valence-electron chi connectivity index (χ4n) is 1.18. The highest BCUT2D eigenvalue weighted by atomic mass is 16.6. The smallest absolute Gasteiger partial charge is 0.344 e. The molecule has 16 heavy (non-hydrogen) atoms. The van der Waals surface area contributed by atoms with Crippen molar-refractivity contribution in [1.29, 1.82) is 0 Å². The maximum absolute atomic E-state index is 11.2. The van der Waals surface area contributed by atoms with Crippen LogP contribution in [0.3, 0.4) is 0 Å². The van der Waals surface area contributed by atoms with Gasteiger partial charge in [-0.25, -0.2) is 4.79 Å². The molecule has 0 unspecified atom stereocenters. The second kappa shape index (κ2) is 4.96. The van der Waals surface area contributed by atoms with Crippen LogP contribution in [0.5, 0.6) is 0 Å². The van der Waals surface area contributed by atoms with Gasteiger partial charge >= 0.3 is 5.97 Å². The second-order valence-electron chi connectivity index (χ2n) is 2.89. The fraction of sp³-hybridized carbons (Fsp3) is 0.222. The number of esters is 1. The summed E-state index contributed by atoms with van der Waals surface area (Å²) in [4.78, 5) is 31.2. The van der Waals surface area contributed by atoms with Crippen LogP contribution < -0.4 is 0 Å². The Hall–Kier alpha value is -2.31. The average Bonchev–Trinajstić information content (AvgIpc) is 2.28. The number of benzene rings is 1. The fourth-order valence-corrected chi connectivity index (χ4v) is 1.18. The molecule has 84 valence electrons. The number of ether oxygens (including phenoxy) is 1. The van der Waals surface area contributed by atoms with E-state index in [-0.39, 0.29) is 12.1 Å². The number of carbonyl (C=O) groups is 1. The molecule has 0 radical (unpaired) electrons. The van der Waals surface area contributed by atoms with E-state index in [0.717, 1.165) is 13.2 Å². The number of carbonyl (C=O) groups excluding carboxylic acids is 1. The summed E-state index contributed by atoms with van der Waals surface area (Å²) >= 11 is 0. The van der Waals surface area contributed by atoms with Gasteiger partial charge in [-0.15, -0.1) is 0 Å². The van der Waals surface area contributed by atoms with Crippen molar-refractivity contribution in [1.82, 2.24) is 0 Å². The first-order valence-corrected chi connectivity index (χ1v) is 4.25. The Labute approximate surface area is 90.1 Å². The summed E-state index contributed by atoms with van der Waals surface area (Å²) in [5.41, 5.74) is -0.176. The first-order valence-electron chi connectivity index (χ1n) is 4.25. The van der Waals surface area contributed by atoms with Gasteiger partial charge < -0.3 is 4.74 Å². The van der Waals surface area contributed by atoms with Gasteiger partial charge in [0.25, 0.3) is 5.69 Å². The lowest BCUT2D eigenvalue weighted by Gasteiger charge is -2.02. The van der Waals surface area contributed by atoms with Crippen LogP contribution in [-0.2, 0) is 11.3 Å². The standard InChI is InChI=1S/C9H8N2O5/c1-16-9(12)7-3-2-6(5-10-13)4-8(7)11(14)15/h2-4H,5H2,1H3. The average molecular weight is 224 g/mol. The Kier molecular flexibility index (Phi) is 3.65. The summed E-state index contributed by atoms with van der Waals surface area (Å²) in [6.07, 6.45) is 0. The van der Waals surface area contributed by atoms with Crippen molar-refractivity contribution in [3.63, 3.8) is 0 Å². The zero-order valence-corrected chi connectivity index (χ0v) is 8.37. The topological polar surface area (TPSA) is 98.9 Å². The number of rotatable bonds is 4. The van der Waals surface area contributed by atoms with Crippen LogP contribution in [0.15, 0.2) is 23.4 Å². The van der Waals surface area contributed by atoms with Crippen molar-refractivity contribution < 1.29 is 14.5 Å². The summed E-state index contributed by atoms with van der Waals surface area (Å²) in [5, 5.41) is 13.3. The van der Waals surface area contributed by atoms with Crippen LogP contribution in [0.25, 0.3) is 0 Å². The van der Waals surface area contributed by atoms with Crippen molar-refractivity contribution >= 4 is 11.7 Å². The summed E-state index contributed by atoms with van der Waals surface area (Å²) in [5.74, 6) is -0.794. The Morgan fingerprint density at radius 2 is 2.25 bits per heavy atom. The third kappa shape index (κ3) is 2.38. The van der Waals surface area contributed by atoms with Crippen molar-refractivity contribution in [2.45, 2.75) is 6.54 Å². The van der Waals surface area contributed by atoms with E-state index in [0.29, 0.717) is 5.56 Å². The third-order valence-electron chi connectivity index (χ3n) is 1.91. The Morgan fingerprint density at radius 1 is 1.56 bits per heavy atom. The van der Waals surface area contributed by atoms with Crippen LogP contribution in [0, 0.1) is 15.0 Å². The first kappa shape index (κ1) is 11.8. The predicted octanol–water partition coefficient (Wildman–Crippen LogP) is 1.65. The van der Waals surface area contributed by atoms with E-state index in [1.807, 2.05) is 0 Å². The number of nitroso groups, excluding NO2 is 1. The van der Waals surface area contributed by atoms with Crippen molar-refractivity contribution in [3.8, 4) is 0 Å². The highest BCUT2D eigenvalue weighted by Gasteiger charge is 2.21. The summed E-state index contributed by atoms with van der Waals surface area (Å²) in [7, 11) is 1.13. The van der Waals surface area contributed by atoms with Crippen LogP contribution in [0.4, 0.5) is 5.69 Å². The number of nitro groups is 1. The maximum atomic E-state index is 11.2. The lowest BCUT2D eigenvalue weighted by molar-refractivity contribution is -0.385. The van der Waals surface area contributed by atoms with E-state index in [9.17, 15) is 19.8 Å². The molecular weight excluding hydrogens is 216 g/mol. The molecule has 0 aliphatic heterocycles. The number of nitrogens with zero attached hydrogens (tertiary/aromatic N) is 2. The van der Waals surface area contributed by atoms with E-state index in [1.54, 1.807) is 0 Å². The number of hydrogen-bond donors (Lipinski definition) is 0. The summed E-state index contributed by atoms with van der Waals surface area (Å²) in [6, 6.07) is 3.79. The van der Waals surface area contributed by atoms with Gasteiger partial charge in [-0.2, -0.15) is 4.91 Å². The molecule has 0 heterocycles. The third-order valence-corrected chi connectivity index (χ3v) is 1.91. The minimum absolute atomic E-state index is 0.151. The highest BCUT2D eigenvalue weighted by molar-refractivity contribution is 5.93.